The number of rotatable bonds is 4. The highest BCUT2D eigenvalue weighted by Gasteiger charge is 2.24. The van der Waals surface area contributed by atoms with E-state index in [0.717, 1.165) is 61.6 Å². The molecular weight excluding hydrogens is 304 g/mol. The zero-order chi connectivity index (χ0) is 17.1. The molecule has 0 saturated heterocycles. The molecule has 6 nitrogen and oxygen atoms in total. The number of aliphatic hydroxyl groups excluding tert-OH is 2. The average molecular weight is 332 g/mol. The molecule has 0 unspecified atom stereocenters. The highest BCUT2D eigenvalue weighted by Crippen LogP contribution is 2.27. The fraction of sp³-hybridized carbons (Fsp3) is 0.667. The zero-order valence-corrected chi connectivity index (χ0v) is 14.6. The van der Waals surface area contributed by atoms with Gasteiger partial charge >= 0.3 is 0 Å². The average Bonchev–Trinajstić information content (AvgIpc) is 3.02. The van der Waals surface area contributed by atoms with Crippen molar-refractivity contribution in [3.05, 3.63) is 34.4 Å². The van der Waals surface area contributed by atoms with Crippen LogP contribution in [0.5, 0.6) is 0 Å². The Kier molecular flexibility index (Phi) is 5.36. The van der Waals surface area contributed by atoms with Crippen molar-refractivity contribution in [3.63, 3.8) is 0 Å². The predicted molar refractivity (Wildman–Crippen MR) is 91.9 cm³/mol. The third-order valence-electron chi connectivity index (χ3n) is 4.99. The van der Waals surface area contributed by atoms with E-state index in [-0.39, 0.29) is 13.2 Å². The van der Waals surface area contributed by atoms with E-state index >= 15 is 0 Å². The van der Waals surface area contributed by atoms with Gasteiger partial charge in [-0.1, -0.05) is 0 Å². The monoisotopic (exact) mass is 332 g/mol. The summed E-state index contributed by atoms with van der Waals surface area (Å²) in [5, 5.41) is 18.9. The van der Waals surface area contributed by atoms with Crippen LogP contribution in [0, 0.1) is 25.7 Å². The number of hydrogen-bond acceptors (Lipinski definition) is 4. The van der Waals surface area contributed by atoms with Crippen molar-refractivity contribution in [1.29, 1.82) is 0 Å². The van der Waals surface area contributed by atoms with Gasteiger partial charge in [-0.3, -0.25) is 0 Å². The first-order chi connectivity index (χ1) is 11.6. The molecule has 0 amide bonds. The SMILES string of the molecule is Cc1nc2c([nH]1)CC(CCO)Cc1[nH]c(C)nc1CC(CCO)C2. The number of imidazole rings is 2. The fourth-order valence-corrected chi connectivity index (χ4v) is 3.89. The van der Waals surface area contributed by atoms with Gasteiger partial charge in [-0.25, -0.2) is 9.97 Å². The van der Waals surface area contributed by atoms with Crippen LogP contribution in [0.1, 0.15) is 47.3 Å². The Hall–Kier alpha value is -1.66. The number of aromatic nitrogens is 4. The second kappa shape index (κ2) is 7.49. The van der Waals surface area contributed by atoms with Crippen molar-refractivity contribution < 1.29 is 10.2 Å². The molecule has 3 rings (SSSR count). The van der Waals surface area contributed by atoms with Gasteiger partial charge in [-0.05, 0) is 64.2 Å². The quantitative estimate of drug-likeness (QED) is 0.684. The van der Waals surface area contributed by atoms with Gasteiger partial charge in [-0.15, -0.1) is 0 Å². The van der Waals surface area contributed by atoms with Gasteiger partial charge in [0.1, 0.15) is 11.6 Å². The maximum absolute atomic E-state index is 9.45. The van der Waals surface area contributed by atoms with E-state index in [1.54, 1.807) is 0 Å². The van der Waals surface area contributed by atoms with Gasteiger partial charge in [0.2, 0.25) is 0 Å². The first-order valence-corrected chi connectivity index (χ1v) is 8.89. The summed E-state index contributed by atoms with van der Waals surface area (Å²) in [6.45, 7) is 4.36. The van der Waals surface area contributed by atoms with Crippen LogP contribution in [0.2, 0.25) is 0 Å². The molecule has 2 aromatic heterocycles. The minimum atomic E-state index is 0.190. The number of hydrogen-bond donors (Lipinski definition) is 4. The Bertz CT molecular complexity index is 571. The van der Waals surface area contributed by atoms with Crippen LogP contribution in [0.3, 0.4) is 0 Å². The van der Waals surface area contributed by atoms with Crippen molar-refractivity contribution >= 4 is 0 Å². The van der Waals surface area contributed by atoms with E-state index in [9.17, 15) is 10.2 Å². The van der Waals surface area contributed by atoms with Crippen molar-refractivity contribution in [2.75, 3.05) is 13.2 Å². The summed E-state index contributed by atoms with van der Waals surface area (Å²) in [6, 6.07) is 0. The summed E-state index contributed by atoms with van der Waals surface area (Å²) in [5.41, 5.74) is 4.61. The molecule has 0 saturated carbocycles. The van der Waals surface area contributed by atoms with Gasteiger partial charge in [0.05, 0.1) is 11.4 Å². The molecule has 132 valence electrons. The maximum atomic E-state index is 9.45. The molecule has 0 aromatic carbocycles. The van der Waals surface area contributed by atoms with Crippen LogP contribution >= 0.6 is 0 Å². The van der Waals surface area contributed by atoms with Crippen molar-refractivity contribution in [2.24, 2.45) is 11.8 Å². The Morgan fingerprint density at radius 2 is 1.21 bits per heavy atom. The largest absolute Gasteiger partial charge is 0.396 e. The second-order valence-corrected chi connectivity index (χ2v) is 7.07. The summed E-state index contributed by atoms with van der Waals surface area (Å²) >= 11 is 0. The lowest BCUT2D eigenvalue weighted by Gasteiger charge is -2.21. The van der Waals surface area contributed by atoms with Crippen LogP contribution in [0.4, 0.5) is 0 Å². The van der Waals surface area contributed by atoms with E-state index in [1.807, 2.05) is 13.8 Å². The van der Waals surface area contributed by atoms with Gasteiger partial charge in [0.25, 0.3) is 0 Å². The Balaban J connectivity index is 1.96. The maximum Gasteiger partial charge on any atom is 0.103 e. The van der Waals surface area contributed by atoms with Crippen LogP contribution < -0.4 is 0 Å². The first-order valence-electron chi connectivity index (χ1n) is 8.89. The van der Waals surface area contributed by atoms with E-state index < -0.39 is 0 Å². The molecule has 0 fully saturated rings. The number of nitrogens with one attached hydrogen (secondary N) is 2. The minimum Gasteiger partial charge on any atom is -0.396 e. The molecule has 6 heteroatoms. The van der Waals surface area contributed by atoms with E-state index in [1.165, 1.54) is 11.4 Å². The van der Waals surface area contributed by atoms with Crippen LogP contribution in [0.15, 0.2) is 0 Å². The summed E-state index contributed by atoms with van der Waals surface area (Å²) in [6.07, 6.45) is 5.03. The molecule has 0 spiro atoms. The molecule has 4 N–H and O–H groups in total. The number of aryl methyl sites for hydroxylation is 2. The fourth-order valence-electron chi connectivity index (χ4n) is 3.89. The summed E-state index contributed by atoms with van der Waals surface area (Å²) < 4.78 is 0. The topological polar surface area (TPSA) is 97.8 Å². The molecule has 2 aromatic rings. The van der Waals surface area contributed by atoms with Gasteiger partial charge in [0.15, 0.2) is 0 Å². The lowest BCUT2D eigenvalue weighted by molar-refractivity contribution is 0.249. The molecule has 2 heterocycles. The first kappa shape index (κ1) is 17.2. The molecular formula is C18H28N4O2. The predicted octanol–water partition coefficient (Wildman–Crippen LogP) is 1.63. The van der Waals surface area contributed by atoms with E-state index in [0.29, 0.717) is 11.8 Å². The Labute approximate surface area is 142 Å². The Morgan fingerprint density at radius 3 is 1.62 bits per heavy atom. The minimum absolute atomic E-state index is 0.190. The molecule has 0 bridgehead atoms. The van der Waals surface area contributed by atoms with Crippen molar-refractivity contribution in [2.45, 2.75) is 52.4 Å². The molecule has 24 heavy (non-hydrogen) atoms. The molecule has 0 radical (unpaired) electrons. The summed E-state index contributed by atoms with van der Waals surface area (Å²) in [7, 11) is 0. The molecule has 1 aliphatic rings. The highest BCUT2D eigenvalue weighted by molar-refractivity contribution is 5.21. The highest BCUT2D eigenvalue weighted by atomic mass is 16.3. The number of nitrogens with zero attached hydrogens (tertiary/aromatic N) is 2. The van der Waals surface area contributed by atoms with Crippen LogP contribution in [-0.2, 0) is 25.7 Å². The number of H-pyrrole nitrogens is 2. The molecule has 1 aliphatic carbocycles. The summed E-state index contributed by atoms with van der Waals surface area (Å²) in [5.74, 6) is 2.59. The zero-order valence-electron chi connectivity index (χ0n) is 14.6. The van der Waals surface area contributed by atoms with Crippen molar-refractivity contribution in [1.82, 2.24) is 19.9 Å². The van der Waals surface area contributed by atoms with Crippen LogP contribution in [0.25, 0.3) is 0 Å². The smallest absolute Gasteiger partial charge is 0.103 e. The van der Waals surface area contributed by atoms with E-state index in [2.05, 4.69) is 19.9 Å². The molecule has 0 aliphatic heterocycles. The number of aromatic amines is 2. The third kappa shape index (κ3) is 3.87. The molecule has 0 atom stereocenters. The van der Waals surface area contributed by atoms with E-state index in [4.69, 9.17) is 0 Å². The Morgan fingerprint density at radius 1 is 0.792 bits per heavy atom. The van der Waals surface area contributed by atoms with Gasteiger partial charge < -0.3 is 20.2 Å². The van der Waals surface area contributed by atoms with Gasteiger partial charge in [-0.2, -0.15) is 0 Å². The number of fused-ring (bicyclic) bond motifs is 2. The van der Waals surface area contributed by atoms with Gasteiger partial charge in [0, 0.05) is 24.6 Å². The normalized spacial score (nSPS) is 21.3. The summed E-state index contributed by atoms with van der Waals surface area (Å²) in [4.78, 5) is 16.2. The van der Waals surface area contributed by atoms with Crippen molar-refractivity contribution in [3.8, 4) is 0 Å². The third-order valence-corrected chi connectivity index (χ3v) is 4.99. The lowest BCUT2D eigenvalue weighted by Crippen LogP contribution is -2.19. The number of aliphatic hydroxyl groups is 2. The second-order valence-electron chi connectivity index (χ2n) is 7.07. The standard InChI is InChI=1S/C18H28N4O2/c1-11-19-15-7-13(3-5-23)9-17-18(22-12(2)21-17)10-14(4-6-24)8-16(15)20-11/h13-14,23-24H,3-10H2,1-2H3,(H,19,20)(H,21,22). The van der Waals surface area contributed by atoms with Crippen LogP contribution in [-0.4, -0.2) is 43.4 Å². The lowest BCUT2D eigenvalue weighted by atomic mass is 9.86.